The molecular formula is C16H27NO. The number of phenolic OH excluding ortho intramolecular Hbond substituents is 1. The maximum Gasteiger partial charge on any atom is 0.115 e. The van der Waals surface area contributed by atoms with Gasteiger partial charge in [0, 0.05) is 5.54 Å². The van der Waals surface area contributed by atoms with Crippen molar-refractivity contribution < 1.29 is 5.11 Å². The normalized spacial score (nSPS) is 13.9. The summed E-state index contributed by atoms with van der Waals surface area (Å²) in [5.74, 6) is 1.58. The Hall–Kier alpha value is -1.02. The summed E-state index contributed by atoms with van der Waals surface area (Å²) >= 11 is 0. The second kappa shape index (κ2) is 6.24. The first-order valence-corrected chi connectivity index (χ1v) is 6.81. The van der Waals surface area contributed by atoms with Gasteiger partial charge in [-0.05, 0) is 63.3 Å². The van der Waals surface area contributed by atoms with Crippen LogP contribution in [0, 0.1) is 11.8 Å². The van der Waals surface area contributed by atoms with E-state index in [1.54, 1.807) is 6.07 Å². The third kappa shape index (κ3) is 5.54. The van der Waals surface area contributed by atoms with Gasteiger partial charge in [-0.1, -0.05) is 26.0 Å². The van der Waals surface area contributed by atoms with Gasteiger partial charge in [-0.25, -0.2) is 0 Å². The van der Waals surface area contributed by atoms with Crippen molar-refractivity contribution in [3.05, 3.63) is 29.8 Å². The summed E-state index contributed by atoms with van der Waals surface area (Å²) in [5.41, 5.74) is 1.37. The molecule has 1 aromatic rings. The van der Waals surface area contributed by atoms with Crippen molar-refractivity contribution in [1.29, 1.82) is 0 Å². The Morgan fingerprint density at radius 1 is 1.22 bits per heavy atom. The van der Waals surface area contributed by atoms with Crippen LogP contribution in [0.2, 0.25) is 0 Å². The molecule has 0 radical (unpaired) electrons. The molecule has 0 aliphatic heterocycles. The number of benzene rings is 1. The maximum atomic E-state index is 9.51. The number of phenols is 1. The molecule has 0 fully saturated rings. The van der Waals surface area contributed by atoms with Crippen LogP contribution in [0.1, 0.15) is 40.2 Å². The minimum atomic E-state index is 0.159. The Balaban J connectivity index is 2.63. The molecule has 0 aromatic heterocycles. The molecule has 102 valence electrons. The van der Waals surface area contributed by atoms with E-state index in [1.807, 2.05) is 12.1 Å². The third-order valence-corrected chi connectivity index (χ3v) is 3.25. The van der Waals surface area contributed by atoms with Crippen molar-refractivity contribution in [2.45, 2.75) is 46.6 Å². The summed E-state index contributed by atoms with van der Waals surface area (Å²) in [6.45, 7) is 12.1. The van der Waals surface area contributed by atoms with E-state index in [2.05, 4.69) is 46.0 Å². The molecule has 1 unspecified atom stereocenters. The summed E-state index contributed by atoms with van der Waals surface area (Å²) in [5, 5.41) is 13.1. The van der Waals surface area contributed by atoms with Crippen molar-refractivity contribution in [3.8, 4) is 5.75 Å². The molecule has 0 saturated heterocycles. The maximum absolute atomic E-state index is 9.51. The molecule has 2 heteroatoms. The molecule has 0 spiro atoms. The summed E-state index contributed by atoms with van der Waals surface area (Å²) in [6.07, 6.45) is 1.01. The lowest BCUT2D eigenvalue weighted by Gasteiger charge is -2.27. The van der Waals surface area contributed by atoms with E-state index in [0.29, 0.717) is 17.6 Å². The molecule has 0 bridgehead atoms. The van der Waals surface area contributed by atoms with Gasteiger partial charge < -0.3 is 10.4 Å². The average Bonchev–Trinajstić information content (AvgIpc) is 2.22. The Kier molecular flexibility index (Phi) is 5.21. The van der Waals surface area contributed by atoms with Gasteiger partial charge in [-0.2, -0.15) is 0 Å². The Bertz CT molecular complexity index is 366. The number of hydrogen-bond acceptors (Lipinski definition) is 2. The van der Waals surface area contributed by atoms with Gasteiger partial charge in [0.25, 0.3) is 0 Å². The third-order valence-electron chi connectivity index (χ3n) is 3.25. The fraction of sp³-hybridized carbons (Fsp3) is 0.625. The SMILES string of the molecule is CC(C)C(CNC(C)(C)C)Cc1cccc(O)c1. The van der Waals surface area contributed by atoms with E-state index in [9.17, 15) is 5.11 Å². The lowest BCUT2D eigenvalue weighted by Crippen LogP contribution is -2.40. The van der Waals surface area contributed by atoms with Gasteiger partial charge in [-0.3, -0.25) is 0 Å². The fourth-order valence-corrected chi connectivity index (χ4v) is 1.97. The number of aromatic hydroxyl groups is 1. The van der Waals surface area contributed by atoms with Crippen LogP contribution in [0.5, 0.6) is 5.75 Å². The van der Waals surface area contributed by atoms with Gasteiger partial charge in [0.05, 0.1) is 0 Å². The topological polar surface area (TPSA) is 32.3 Å². The first-order valence-electron chi connectivity index (χ1n) is 6.81. The molecule has 0 aliphatic carbocycles. The first kappa shape index (κ1) is 15.0. The fourth-order valence-electron chi connectivity index (χ4n) is 1.97. The summed E-state index contributed by atoms with van der Waals surface area (Å²) < 4.78 is 0. The highest BCUT2D eigenvalue weighted by atomic mass is 16.3. The second-order valence-corrected chi connectivity index (χ2v) is 6.51. The monoisotopic (exact) mass is 249 g/mol. The molecule has 1 aromatic carbocycles. The molecule has 1 atom stereocenters. The van der Waals surface area contributed by atoms with Crippen LogP contribution in [0.25, 0.3) is 0 Å². The van der Waals surface area contributed by atoms with Crippen LogP contribution < -0.4 is 5.32 Å². The lowest BCUT2D eigenvalue weighted by atomic mass is 9.88. The van der Waals surface area contributed by atoms with Gasteiger partial charge >= 0.3 is 0 Å². The van der Waals surface area contributed by atoms with Crippen LogP contribution in [-0.2, 0) is 6.42 Å². The highest BCUT2D eigenvalue weighted by Crippen LogP contribution is 2.20. The predicted molar refractivity (Wildman–Crippen MR) is 77.9 cm³/mol. The first-order chi connectivity index (χ1) is 8.28. The quantitative estimate of drug-likeness (QED) is 0.835. The van der Waals surface area contributed by atoms with Crippen LogP contribution in [0.15, 0.2) is 24.3 Å². The van der Waals surface area contributed by atoms with Crippen molar-refractivity contribution in [2.24, 2.45) is 11.8 Å². The average molecular weight is 249 g/mol. The van der Waals surface area contributed by atoms with Crippen LogP contribution >= 0.6 is 0 Å². The van der Waals surface area contributed by atoms with Crippen LogP contribution in [-0.4, -0.2) is 17.2 Å². The largest absolute Gasteiger partial charge is 0.508 e. The molecule has 2 N–H and O–H groups in total. The Morgan fingerprint density at radius 3 is 2.39 bits per heavy atom. The minimum absolute atomic E-state index is 0.159. The van der Waals surface area contributed by atoms with E-state index < -0.39 is 0 Å². The summed E-state index contributed by atoms with van der Waals surface area (Å²) in [4.78, 5) is 0. The second-order valence-electron chi connectivity index (χ2n) is 6.51. The van der Waals surface area contributed by atoms with Crippen molar-refractivity contribution in [2.75, 3.05) is 6.54 Å². The van der Waals surface area contributed by atoms with Gasteiger partial charge in [-0.15, -0.1) is 0 Å². The summed E-state index contributed by atoms with van der Waals surface area (Å²) in [6, 6.07) is 7.60. The minimum Gasteiger partial charge on any atom is -0.508 e. The molecule has 0 saturated carbocycles. The van der Waals surface area contributed by atoms with Gasteiger partial charge in [0.1, 0.15) is 5.75 Å². The zero-order valence-electron chi connectivity index (χ0n) is 12.3. The van der Waals surface area contributed by atoms with Gasteiger partial charge in [0.15, 0.2) is 0 Å². The zero-order valence-corrected chi connectivity index (χ0v) is 12.3. The molecule has 0 amide bonds. The lowest BCUT2D eigenvalue weighted by molar-refractivity contribution is 0.312. The molecule has 2 nitrogen and oxygen atoms in total. The van der Waals surface area contributed by atoms with Crippen LogP contribution in [0.4, 0.5) is 0 Å². The summed E-state index contributed by atoms with van der Waals surface area (Å²) in [7, 11) is 0. The van der Waals surface area contributed by atoms with Crippen molar-refractivity contribution >= 4 is 0 Å². The Labute approximate surface area is 111 Å². The van der Waals surface area contributed by atoms with Crippen molar-refractivity contribution in [1.82, 2.24) is 5.32 Å². The highest BCUT2D eigenvalue weighted by molar-refractivity contribution is 5.27. The Morgan fingerprint density at radius 2 is 1.89 bits per heavy atom. The molecule has 18 heavy (non-hydrogen) atoms. The smallest absolute Gasteiger partial charge is 0.115 e. The highest BCUT2D eigenvalue weighted by Gasteiger charge is 2.17. The van der Waals surface area contributed by atoms with E-state index in [1.165, 1.54) is 5.56 Å². The number of rotatable bonds is 5. The molecule has 1 rings (SSSR count). The van der Waals surface area contributed by atoms with E-state index in [4.69, 9.17) is 0 Å². The van der Waals surface area contributed by atoms with Gasteiger partial charge in [0.2, 0.25) is 0 Å². The molecule has 0 aliphatic rings. The van der Waals surface area contributed by atoms with Crippen molar-refractivity contribution in [3.63, 3.8) is 0 Å². The molecular weight excluding hydrogens is 222 g/mol. The van der Waals surface area contributed by atoms with Crippen LogP contribution in [0.3, 0.4) is 0 Å². The number of nitrogens with one attached hydrogen (secondary N) is 1. The molecule has 0 heterocycles. The predicted octanol–water partition coefficient (Wildman–Crippen LogP) is 3.60. The van der Waals surface area contributed by atoms with E-state index >= 15 is 0 Å². The number of hydrogen-bond donors (Lipinski definition) is 2. The zero-order chi connectivity index (χ0) is 13.8. The van der Waals surface area contributed by atoms with E-state index in [-0.39, 0.29) is 5.54 Å². The standard InChI is InChI=1S/C16H27NO/c1-12(2)14(11-17-16(3,4)5)9-13-7-6-8-15(18)10-13/h6-8,10,12,14,17-18H,9,11H2,1-5H3. The van der Waals surface area contributed by atoms with E-state index in [0.717, 1.165) is 13.0 Å².